The van der Waals surface area contributed by atoms with Crippen molar-refractivity contribution in [3.63, 3.8) is 0 Å². The van der Waals surface area contributed by atoms with Crippen LogP contribution in [0.2, 0.25) is 0 Å². The minimum atomic E-state index is 1.01. The lowest BCUT2D eigenvalue weighted by molar-refractivity contribution is 0.891. The fourth-order valence-corrected chi connectivity index (χ4v) is 3.32. The normalized spacial score (nSPS) is 11.0. The minimum absolute atomic E-state index is 1.01. The fourth-order valence-electron chi connectivity index (χ4n) is 3.32. The van der Waals surface area contributed by atoms with E-state index in [2.05, 4.69) is 74.9 Å². The Morgan fingerprint density at radius 1 is 0.957 bits per heavy atom. The van der Waals surface area contributed by atoms with Crippen LogP contribution in [0.25, 0.3) is 17.1 Å². The van der Waals surface area contributed by atoms with E-state index in [1.807, 2.05) is 6.07 Å². The first kappa shape index (κ1) is 15.5. The topological polar surface area (TPSA) is 17.8 Å². The van der Waals surface area contributed by atoms with Crippen LogP contribution >= 0.6 is 0 Å². The van der Waals surface area contributed by atoms with Crippen LogP contribution in [0.4, 0.5) is 0 Å². The largest absolute Gasteiger partial charge is 0.299 e. The Bertz CT molecular complexity index is 790. The molecular formula is C21H24N2. The third-order valence-corrected chi connectivity index (χ3v) is 4.17. The maximum atomic E-state index is 4.91. The van der Waals surface area contributed by atoms with Crippen LogP contribution < -0.4 is 0 Å². The number of hydrogen-bond acceptors (Lipinski definition) is 1. The summed E-state index contributed by atoms with van der Waals surface area (Å²) in [6.45, 7) is 8.72. The highest BCUT2D eigenvalue weighted by Gasteiger charge is 2.15. The van der Waals surface area contributed by atoms with Crippen molar-refractivity contribution in [3.05, 3.63) is 71.0 Å². The van der Waals surface area contributed by atoms with E-state index in [1.165, 1.54) is 22.4 Å². The molecule has 118 valence electrons. The summed E-state index contributed by atoms with van der Waals surface area (Å²) in [6, 6.07) is 14.9. The molecule has 1 heterocycles. The zero-order valence-corrected chi connectivity index (χ0v) is 14.4. The molecule has 23 heavy (non-hydrogen) atoms. The molecule has 0 fully saturated rings. The van der Waals surface area contributed by atoms with Crippen molar-refractivity contribution in [3.8, 4) is 17.1 Å². The maximum absolute atomic E-state index is 4.91. The second-order valence-corrected chi connectivity index (χ2v) is 6.29. The average molecular weight is 304 g/mol. The fraction of sp³-hybridized carbons (Fsp3) is 0.286. The molecule has 0 amide bonds. The van der Waals surface area contributed by atoms with Gasteiger partial charge in [-0.1, -0.05) is 61.4 Å². The van der Waals surface area contributed by atoms with Crippen LogP contribution in [-0.4, -0.2) is 9.55 Å². The van der Waals surface area contributed by atoms with Crippen molar-refractivity contribution in [2.75, 3.05) is 0 Å². The molecule has 2 nitrogen and oxygen atoms in total. The van der Waals surface area contributed by atoms with Gasteiger partial charge in [0.15, 0.2) is 0 Å². The standard InChI is InChI=1S/C21H24N2/c1-5-9-19-14-23(20-16(3)12-15(2)13-17(20)4)21(22-19)18-10-7-6-8-11-18/h6-8,10-14H,5,9H2,1-4H3. The minimum Gasteiger partial charge on any atom is -0.299 e. The van der Waals surface area contributed by atoms with E-state index in [9.17, 15) is 0 Å². The monoisotopic (exact) mass is 304 g/mol. The molecule has 2 aromatic carbocycles. The molecule has 1 aromatic heterocycles. The summed E-state index contributed by atoms with van der Waals surface area (Å²) in [7, 11) is 0. The number of imidazole rings is 1. The van der Waals surface area contributed by atoms with E-state index in [0.29, 0.717) is 0 Å². The molecule has 0 bridgehead atoms. The van der Waals surface area contributed by atoms with E-state index in [4.69, 9.17) is 4.98 Å². The van der Waals surface area contributed by atoms with E-state index in [0.717, 1.165) is 29.9 Å². The lowest BCUT2D eigenvalue weighted by Crippen LogP contribution is -2.02. The van der Waals surface area contributed by atoms with Gasteiger partial charge in [0.05, 0.1) is 11.4 Å². The summed E-state index contributed by atoms with van der Waals surface area (Å²) in [5, 5.41) is 0. The van der Waals surface area contributed by atoms with Gasteiger partial charge in [0, 0.05) is 11.8 Å². The van der Waals surface area contributed by atoms with Gasteiger partial charge in [-0.05, 0) is 38.3 Å². The number of aryl methyl sites for hydroxylation is 4. The molecule has 0 atom stereocenters. The van der Waals surface area contributed by atoms with Crippen LogP contribution in [0, 0.1) is 20.8 Å². The Hall–Kier alpha value is -2.35. The number of aromatic nitrogens is 2. The first-order valence-corrected chi connectivity index (χ1v) is 8.32. The summed E-state index contributed by atoms with van der Waals surface area (Å²) in [6.07, 6.45) is 4.32. The molecule has 0 spiro atoms. The molecule has 3 rings (SSSR count). The summed E-state index contributed by atoms with van der Waals surface area (Å²) in [4.78, 5) is 4.91. The molecule has 2 heteroatoms. The molecule has 0 saturated carbocycles. The quantitative estimate of drug-likeness (QED) is 0.629. The second kappa shape index (κ2) is 6.41. The Morgan fingerprint density at radius 2 is 1.61 bits per heavy atom. The van der Waals surface area contributed by atoms with E-state index >= 15 is 0 Å². The van der Waals surface area contributed by atoms with Gasteiger partial charge < -0.3 is 0 Å². The Labute approximate surface area is 138 Å². The smallest absolute Gasteiger partial charge is 0.144 e. The summed E-state index contributed by atoms with van der Waals surface area (Å²) < 4.78 is 2.27. The first-order valence-electron chi connectivity index (χ1n) is 8.32. The van der Waals surface area contributed by atoms with Gasteiger partial charge in [-0.2, -0.15) is 0 Å². The predicted octanol–water partition coefficient (Wildman–Crippen LogP) is 5.42. The van der Waals surface area contributed by atoms with Gasteiger partial charge in [-0.25, -0.2) is 4.98 Å². The van der Waals surface area contributed by atoms with E-state index < -0.39 is 0 Å². The zero-order chi connectivity index (χ0) is 16.4. The van der Waals surface area contributed by atoms with Crippen LogP contribution in [0.5, 0.6) is 0 Å². The number of hydrogen-bond donors (Lipinski definition) is 0. The number of nitrogens with zero attached hydrogens (tertiary/aromatic N) is 2. The highest BCUT2D eigenvalue weighted by atomic mass is 15.1. The van der Waals surface area contributed by atoms with Crippen LogP contribution in [-0.2, 0) is 6.42 Å². The molecule has 0 saturated heterocycles. The van der Waals surface area contributed by atoms with Crippen molar-refractivity contribution >= 4 is 0 Å². The lowest BCUT2D eigenvalue weighted by atomic mass is 10.0. The van der Waals surface area contributed by atoms with Gasteiger partial charge in [-0.3, -0.25) is 4.57 Å². The second-order valence-electron chi connectivity index (χ2n) is 6.29. The van der Waals surface area contributed by atoms with Crippen LogP contribution in [0.3, 0.4) is 0 Å². The summed E-state index contributed by atoms with van der Waals surface area (Å²) in [5.41, 5.74) is 7.46. The zero-order valence-electron chi connectivity index (χ0n) is 14.4. The Balaban J connectivity index is 2.23. The number of rotatable bonds is 4. The van der Waals surface area contributed by atoms with Gasteiger partial charge >= 0.3 is 0 Å². The van der Waals surface area contributed by atoms with Crippen LogP contribution in [0.15, 0.2) is 48.7 Å². The van der Waals surface area contributed by atoms with Crippen LogP contribution in [0.1, 0.15) is 35.7 Å². The molecule has 0 aliphatic carbocycles. The van der Waals surface area contributed by atoms with Crippen molar-refractivity contribution in [2.45, 2.75) is 40.5 Å². The average Bonchev–Trinajstić information content (AvgIpc) is 2.91. The molecule has 0 aliphatic heterocycles. The van der Waals surface area contributed by atoms with Gasteiger partial charge in [0.1, 0.15) is 5.82 Å². The molecular weight excluding hydrogens is 280 g/mol. The molecule has 0 N–H and O–H groups in total. The first-order chi connectivity index (χ1) is 11.1. The van der Waals surface area contributed by atoms with Gasteiger partial charge in [0.25, 0.3) is 0 Å². The Kier molecular flexibility index (Phi) is 4.33. The van der Waals surface area contributed by atoms with Gasteiger partial charge in [0.2, 0.25) is 0 Å². The third-order valence-electron chi connectivity index (χ3n) is 4.17. The predicted molar refractivity (Wildman–Crippen MR) is 97.2 cm³/mol. The SMILES string of the molecule is CCCc1cn(-c2c(C)cc(C)cc2C)c(-c2ccccc2)n1. The molecule has 3 aromatic rings. The van der Waals surface area contributed by atoms with Crippen molar-refractivity contribution in [2.24, 2.45) is 0 Å². The molecule has 0 radical (unpaired) electrons. The van der Waals surface area contributed by atoms with E-state index in [1.54, 1.807) is 0 Å². The lowest BCUT2D eigenvalue weighted by Gasteiger charge is -2.15. The Morgan fingerprint density at radius 3 is 2.22 bits per heavy atom. The van der Waals surface area contributed by atoms with Crippen molar-refractivity contribution in [1.29, 1.82) is 0 Å². The molecule has 0 unspecified atom stereocenters. The third kappa shape index (κ3) is 3.07. The number of benzene rings is 2. The van der Waals surface area contributed by atoms with Crippen molar-refractivity contribution in [1.82, 2.24) is 9.55 Å². The molecule has 0 aliphatic rings. The van der Waals surface area contributed by atoms with Crippen molar-refractivity contribution < 1.29 is 0 Å². The van der Waals surface area contributed by atoms with Gasteiger partial charge in [-0.15, -0.1) is 0 Å². The van der Waals surface area contributed by atoms with E-state index in [-0.39, 0.29) is 0 Å². The highest BCUT2D eigenvalue weighted by molar-refractivity contribution is 5.62. The summed E-state index contributed by atoms with van der Waals surface area (Å²) >= 11 is 0. The highest BCUT2D eigenvalue weighted by Crippen LogP contribution is 2.28. The summed E-state index contributed by atoms with van der Waals surface area (Å²) in [5.74, 6) is 1.03. The maximum Gasteiger partial charge on any atom is 0.144 e.